The van der Waals surface area contributed by atoms with E-state index in [0.29, 0.717) is 11.6 Å². The Hall–Kier alpha value is -2.24. The molecule has 0 aliphatic heterocycles. The third kappa shape index (κ3) is 1.99. The smallest absolute Gasteiger partial charge is 0.339 e. The van der Waals surface area contributed by atoms with Crippen molar-refractivity contribution in [3.05, 3.63) is 41.1 Å². The van der Waals surface area contributed by atoms with Crippen molar-refractivity contribution < 1.29 is 14.3 Å². The number of halogens is 1. The summed E-state index contributed by atoms with van der Waals surface area (Å²) >= 11 is 0. The number of aromatic nitrogens is 3. The molecule has 19 heavy (non-hydrogen) atoms. The molecule has 3 rings (SSSR count). The van der Waals surface area contributed by atoms with Crippen molar-refractivity contribution in [2.75, 3.05) is 0 Å². The zero-order valence-corrected chi connectivity index (χ0v) is 10.3. The van der Waals surface area contributed by atoms with Gasteiger partial charge in [0.25, 0.3) is 0 Å². The molecule has 6 heteroatoms. The molecule has 0 radical (unpaired) electrons. The van der Waals surface area contributed by atoms with Crippen LogP contribution in [0.1, 0.15) is 40.4 Å². The highest BCUT2D eigenvalue weighted by atomic mass is 19.1. The molecule has 0 amide bonds. The molecule has 0 unspecified atom stereocenters. The molecule has 1 fully saturated rings. The van der Waals surface area contributed by atoms with E-state index < -0.39 is 11.8 Å². The summed E-state index contributed by atoms with van der Waals surface area (Å²) in [4.78, 5) is 15.0. The molecule has 0 aromatic carbocycles. The van der Waals surface area contributed by atoms with Gasteiger partial charge in [0.05, 0.1) is 11.9 Å². The molecule has 1 aliphatic rings. The van der Waals surface area contributed by atoms with Gasteiger partial charge in [0, 0.05) is 6.20 Å². The second kappa shape index (κ2) is 4.15. The van der Waals surface area contributed by atoms with E-state index in [9.17, 15) is 9.18 Å². The molecule has 5 nitrogen and oxygen atoms in total. The Morgan fingerprint density at radius 1 is 1.47 bits per heavy atom. The van der Waals surface area contributed by atoms with E-state index in [2.05, 4.69) is 10.1 Å². The van der Waals surface area contributed by atoms with Gasteiger partial charge < -0.3 is 5.11 Å². The topological polar surface area (TPSA) is 68.0 Å². The number of pyridine rings is 1. The fraction of sp³-hybridized carbons (Fsp3) is 0.308. The van der Waals surface area contributed by atoms with E-state index in [-0.39, 0.29) is 11.4 Å². The lowest BCUT2D eigenvalue weighted by atomic mass is 10.2. The number of rotatable bonds is 3. The van der Waals surface area contributed by atoms with Crippen molar-refractivity contribution in [2.24, 2.45) is 0 Å². The van der Waals surface area contributed by atoms with Gasteiger partial charge in [-0.3, -0.25) is 0 Å². The van der Waals surface area contributed by atoms with Gasteiger partial charge in [-0.2, -0.15) is 5.10 Å². The lowest BCUT2D eigenvalue weighted by Crippen LogP contribution is -2.07. The third-order valence-electron chi connectivity index (χ3n) is 3.33. The number of aromatic carboxylic acids is 1. The Kier molecular flexibility index (Phi) is 2.58. The van der Waals surface area contributed by atoms with Crippen molar-refractivity contribution >= 4 is 5.97 Å². The van der Waals surface area contributed by atoms with E-state index in [1.165, 1.54) is 16.9 Å². The maximum Gasteiger partial charge on any atom is 0.339 e. The normalized spacial score (nSPS) is 14.6. The minimum Gasteiger partial charge on any atom is -0.478 e. The summed E-state index contributed by atoms with van der Waals surface area (Å²) in [6.45, 7) is 1.58. The molecule has 98 valence electrons. The molecule has 1 aliphatic carbocycles. The van der Waals surface area contributed by atoms with E-state index in [1.54, 1.807) is 13.1 Å². The zero-order chi connectivity index (χ0) is 13.6. The molecular weight excluding hydrogens is 249 g/mol. The van der Waals surface area contributed by atoms with Gasteiger partial charge in [-0.1, -0.05) is 0 Å². The molecule has 2 heterocycles. The minimum atomic E-state index is -1.08. The molecule has 0 spiro atoms. The van der Waals surface area contributed by atoms with Gasteiger partial charge in [-0.15, -0.1) is 0 Å². The monoisotopic (exact) mass is 261 g/mol. The first-order valence-electron chi connectivity index (χ1n) is 6.01. The highest BCUT2D eigenvalue weighted by Gasteiger charge is 2.25. The first-order chi connectivity index (χ1) is 9.08. The lowest BCUT2D eigenvalue weighted by molar-refractivity contribution is 0.0696. The van der Waals surface area contributed by atoms with Gasteiger partial charge in [-0.25, -0.2) is 18.9 Å². The number of carbonyl (C=O) groups is 1. The highest BCUT2D eigenvalue weighted by Crippen LogP contribution is 2.40. The van der Waals surface area contributed by atoms with Crippen molar-refractivity contribution in [3.8, 4) is 5.82 Å². The molecule has 2 aromatic heterocycles. The van der Waals surface area contributed by atoms with Gasteiger partial charge in [0.2, 0.25) is 0 Å². The van der Waals surface area contributed by atoms with Crippen LogP contribution in [0.3, 0.4) is 0 Å². The summed E-state index contributed by atoms with van der Waals surface area (Å²) in [7, 11) is 0. The maximum absolute atomic E-state index is 14.0. The van der Waals surface area contributed by atoms with Crippen LogP contribution in [0.5, 0.6) is 0 Å². The quantitative estimate of drug-likeness (QED) is 0.920. The molecule has 0 saturated heterocycles. The van der Waals surface area contributed by atoms with Crippen LogP contribution in [-0.2, 0) is 0 Å². The lowest BCUT2D eigenvalue weighted by Gasteiger charge is -2.06. The fourth-order valence-corrected chi connectivity index (χ4v) is 2.07. The van der Waals surface area contributed by atoms with Crippen LogP contribution in [-0.4, -0.2) is 25.8 Å². The largest absolute Gasteiger partial charge is 0.478 e. The van der Waals surface area contributed by atoms with E-state index in [1.807, 2.05) is 0 Å². The summed E-state index contributed by atoms with van der Waals surface area (Å²) in [5.41, 5.74) is 1.30. The Morgan fingerprint density at radius 3 is 2.74 bits per heavy atom. The number of carboxylic acid groups (broad SMARTS) is 1. The number of hydrogen-bond acceptors (Lipinski definition) is 3. The van der Waals surface area contributed by atoms with Crippen LogP contribution in [0.15, 0.2) is 18.5 Å². The van der Waals surface area contributed by atoms with Gasteiger partial charge in [0.1, 0.15) is 5.56 Å². The SMILES string of the molecule is Cc1c(C(=O)O)cnn1-c1ncc(C2CC2)cc1F. The second-order valence-corrected chi connectivity index (χ2v) is 4.71. The fourth-order valence-electron chi connectivity index (χ4n) is 2.07. The molecule has 0 bridgehead atoms. The van der Waals surface area contributed by atoms with Gasteiger partial charge in [-0.05, 0) is 37.3 Å². The molecular formula is C13H12FN3O2. The third-order valence-corrected chi connectivity index (χ3v) is 3.33. The first-order valence-corrected chi connectivity index (χ1v) is 6.01. The predicted molar refractivity (Wildman–Crippen MR) is 65.0 cm³/mol. The minimum absolute atomic E-state index is 0.0365. The van der Waals surface area contributed by atoms with Gasteiger partial charge in [0.15, 0.2) is 11.6 Å². The van der Waals surface area contributed by atoms with Crippen LogP contribution < -0.4 is 0 Å². The van der Waals surface area contributed by atoms with Crippen molar-refractivity contribution in [2.45, 2.75) is 25.7 Å². The standard InChI is InChI=1S/C13H12FN3O2/c1-7-10(13(18)19)6-16-17(7)12-11(14)4-9(5-15-12)8-2-3-8/h4-6,8H,2-3H2,1H3,(H,18,19). The first kappa shape index (κ1) is 11.8. The summed E-state index contributed by atoms with van der Waals surface area (Å²) in [5, 5.41) is 12.8. The van der Waals surface area contributed by atoms with Crippen molar-refractivity contribution in [3.63, 3.8) is 0 Å². The number of hydrogen-bond donors (Lipinski definition) is 1. The van der Waals surface area contributed by atoms with E-state index in [0.717, 1.165) is 18.4 Å². The summed E-state index contributed by atoms with van der Waals surface area (Å²) in [5.74, 6) is -1.11. The van der Waals surface area contributed by atoms with Crippen LogP contribution >= 0.6 is 0 Å². The molecule has 1 saturated carbocycles. The van der Waals surface area contributed by atoms with Crippen LogP contribution in [0.4, 0.5) is 4.39 Å². The second-order valence-electron chi connectivity index (χ2n) is 4.71. The van der Waals surface area contributed by atoms with Gasteiger partial charge >= 0.3 is 5.97 Å². The average Bonchev–Trinajstić information content (AvgIpc) is 3.13. The number of carboxylic acids is 1. The van der Waals surface area contributed by atoms with E-state index in [4.69, 9.17) is 5.11 Å². The molecule has 1 N–H and O–H groups in total. The Bertz CT molecular complexity index is 662. The van der Waals surface area contributed by atoms with Crippen LogP contribution in [0.2, 0.25) is 0 Å². The average molecular weight is 261 g/mol. The summed E-state index contributed by atoms with van der Waals surface area (Å²) in [6.07, 6.45) is 4.99. The molecule has 0 atom stereocenters. The van der Waals surface area contributed by atoms with Crippen molar-refractivity contribution in [1.82, 2.24) is 14.8 Å². The Balaban J connectivity index is 2.04. The Morgan fingerprint density at radius 2 is 2.21 bits per heavy atom. The van der Waals surface area contributed by atoms with E-state index >= 15 is 0 Å². The Labute approximate surface area is 108 Å². The summed E-state index contributed by atoms with van der Waals surface area (Å²) < 4.78 is 15.3. The predicted octanol–water partition coefficient (Wildman–Crippen LogP) is 2.29. The zero-order valence-electron chi connectivity index (χ0n) is 10.3. The van der Waals surface area contributed by atoms with Crippen LogP contribution in [0.25, 0.3) is 5.82 Å². The van der Waals surface area contributed by atoms with Crippen molar-refractivity contribution in [1.29, 1.82) is 0 Å². The number of nitrogens with zero attached hydrogens (tertiary/aromatic N) is 3. The summed E-state index contributed by atoms with van der Waals surface area (Å²) in [6, 6.07) is 1.46. The van der Waals surface area contributed by atoms with Crippen LogP contribution in [0, 0.1) is 12.7 Å². The maximum atomic E-state index is 14.0. The highest BCUT2D eigenvalue weighted by molar-refractivity contribution is 5.88. The molecule has 2 aromatic rings.